The van der Waals surface area contributed by atoms with Crippen LogP contribution >= 0.6 is 0 Å². The Morgan fingerprint density at radius 1 is 1.56 bits per heavy atom. The van der Waals surface area contributed by atoms with Crippen molar-refractivity contribution in [3.63, 3.8) is 0 Å². The van der Waals surface area contributed by atoms with Crippen molar-refractivity contribution in [2.24, 2.45) is 0 Å². The second kappa shape index (κ2) is 2.55. The second-order valence-electron chi connectivity index (χ2n) is 2.11. The summed E-state index contributed by atoms with van der Waals surface area (Å²) in [5.74, 6) is 0. The third-order valence-electron chi connectivity index (χ3n) is 1.51. The number of hydrogen-bond acceptors (Lipinski definition) is 0. The average molecular weight is 185 g/mol. The quantitative estimate of drug-likeness (QED) is 0.587. The normalized spacial score (nSPS) is 9.56. The molecule has 0 nitrogen and oxygen atoms in total. The summed E-state index contributed by atoms with van der Waals surface area (Å²) in [5, 5.41) is 0. The van der Waals surface area contributed by atoms with Crippen LogP contribution in [0.1, 0.15) is 15.6 Å². The maximum atomic E-state index is 3.75. The number of hydrogen-bond donors (Lipinski definition) is 0. The van der Waals surface area contributed by atoms with Gasteiger partial charge in [-0.2, -0.15) is 0 Å². The van der Waals surface area contributed by atoms with Crippen LogP contribution in [0.4, 0.5) is 0 Å². The monoisotopic (exact) mass is 186 g/mol. The molecule has 1 aromatic heterocycles. The summed E-state index contributed by atoms with van der Waals surface area (Å²) in [4.78, 5) is 2.30. The minimum absolute atomic E-state index is 0.579. The molecule has 0 aliphatic carbocycles. The molecule has 0 saturated carbocycles. The van der Waals surface area contributed by atoms with Crippen LogP contribution in [0.15, 0.2) is 11.5 Å². The zero-order valence-corrected chi connectivity index (χ0v) is 7.48. The fourth-order valence-corrected chi connectivity index (χ4v) is 2.64. The zero-order valence-electron chi connectivity index (χ0n) is 5.77. The van der Waals surface area contributed by atoms with Gasteiger partial charge in [-0.3, -0.25) is 0 Å². The number of rotatable bonds is 1. The molecule has 1 aromatic rings. The van der Waals surface area contributed by atoms with Crippen molar-refractivity contribution in [1.82, 2.24) is 0 Å². The van der Waals surface area contributed by atoms with Gasteiger partial charge < -0.3 is 0 Å². The van der Waals surface area contributed by atoms with E-state index in [1.54, 1.807) is 0 Å². The summed E-state index contributed by atoms with van der Waals surface area (Å²) in [6, 6.07) is 0. The van der Waals surface area contributed by atoms with E-state index in [1.807, 2.05) is 6.08 Å². The molecule has 0 fully saturated rings. The molecule has 0 saturated heterocycles. The molecule has 0 amide bonds. The first kappa shape index (κ1) is 6.85. The van der Waals surface area contributed by atoms with Crippen LogP contribution in [0.3, 0.4) is 0 Å². The summed E-state index contributed by atoms with van der Waals surface area (Å²) in [5.41, 5.74) is 2.87. The molecule has 0 bridgehead atoms. The van der Waals surface area contributed by atoms with Gasteiger partial charge in [0.2, 0.25) is 0 Å². The molecule has 0 spiro atoms. The van der Waals surface area contributed by atoms with E-state index in [9.17, 15) is 0 Å². The summed E-state index contributed by atoms with van der Waals surface area (Å²) in [7, 11) is 0. The Kier molecular flexibility index (Phi) is 1.94. The minimum atomic E-state index is 0.579. The molecule has 0 aliphatic heterocycles. The van der Waals surface area contributed by atoms with Gasteiger partial charge in [-0.25, -0.2) is 0 Å². The molecule has 1 heteroatoms. The van der Waals surface area contributed by atoms with Crippen molar-refractivity contribution in [3.8, 4) is 0 Å². The molecule has 0 N–H and O–H groups in total. The van der Waals surface area contributed by atoms with Crippen LogP contribution in [0.2, 0.25) is 0 Å². The van der Waals surface area contributed by atoms with Gasteiger partial charge in [-0.1, -0.05) is 0 Å². The van der Waals surface area contributed by atoms with E-state index in [2.05, 4.69) is 25.4 Å². The predicted molar refractivity (Wildman–Crippen MR) is 42.9 cm³/mol. The molecule has 0 unspecified atom stereocenters. The molecule has 0 aliphatic rings. The first-order chi connectivity index (χ1) is 4.25. The number of aryl methyl sites for hydroxylation is 1. The maximum absolute atomic E-state index is 3.75. The van der Waals surface area contributed by atoms with Crippen molar-refractivity contribution >= 4 is 20.6 Å². The molecule has 1 rings (SSSR count). The van der Waals surface area contributed by atoms with Crippen molar-refractivity contribution in [2.45, 2.75) is 13.8 Å². The molecule has 0 aromatic carbocycles. The van der Waals surface area contributed by atoms with E-state index in [-0.39, 0.29) is 0 Å². The fourth-order valence-electron chi connectivity index (χ4n) is 0.724. The van der Waals surface area contributed by atoms with E-state index >= 15 is 0 Å². The van der Waals surface area contributed by atoms with Crippen LogP contribution in [0.5, 0.6) is 0 Å². The molecule has 48 valence electrons. The van der Waals surface area contributed by atoms with Crippen LogP contribution < -0.4 is 0 Å². The Hall–Kier alpha value is -0.261. The van der Waals surface area contributed by atoms with E-state index in [0.717, 1.165) is 0 Å². The van der Waals surface area contributed by atoms with Crippen LogP contribution in [0, 0.1) is 13.8 Å². The molecule has 1 heterocycles. The van der Waals surface area contributed by atoms with Gasteiger partial charge in [0.1, 0.15) is 0 Å². The van der Waals surface area contributed by atoms with Crippen molar-refractivity contribution in [3.05, 3.63) is 27.1 Å². The summed E-state index contributed by atoms with van der Waals surface area (Å²) < 4.78 is 1.44. The summed E-state index contributed by atoms with van der Waals surface area (Å²) in [6.45, 7) is 8.08. The van der Waals surface area contributed by atoms with Crippen LogP contribution in [-0.4, -0.2) is 14.5 Å². The molecule has 0 radical (unpaired) electrons. The Morgan fingerprint density at radius 2 is 2.22 bits per heavy atom. The van der Waals surface area contributed by atoms with E-state index < -0.39 is 0 Å². The van der Waals surface area contributed by atoms with Crippen LogP contribution in [-0.2, 0) is 0 Å². The summed E-state index contributed by atoms with van der Waals surface area (Å²) in [6.07, 6.45) is 1.97. The summed E-state index contributed by atoms with van der Waals surface area (Å²) >= 11 is 0.579. The Labute approximate surface area is 62.0 Å². The third kappa shape index (κ3) is 1.17. The van der Waals surface area contributed by atoms with Gasteiger partial charge in [0, 0.05) is 0 Å². The predicted octanol–water partition coefficient (Wildman–Crippen LogP) is 2.00. The first-order valence-corrected chi connectivity index (χ1v) is 4.77. The van der Waals surface area contributed by atoms with Crippen molar-refractivity contribution in [2.75, 3.05) is 0 Å². The third-order valence-corrected chi connectivity index (χ3v) is 4.02. The van der Waals surface area contributed by atoms with E-state index in [0.29, 0.717) is 14.5 Å². The topological polar surface area (TPSA) is 0 Å². The fraction of sp³-hybridized carbons (Fsp3) is 0.250. The Bertz CT molecular complexity index is 220. The average Bonchev–Trinajstić information content (AvgIpc) is 2.15. The van der Waals surface area contributed by atoms with Gasteiger partial charge >= 0.3 is 61.5 Å². The Balaban J connectivity index is 3.18. The van der Waals surface area contributed by atoms with Gasteiger partial charge in [0.15, 0.2) is 0 Å². The standard InChI is InChI=1S/C8H10Se/c1-4-8-7(3)6(2)5-9-8/h4-5H,1H2,2-3H3. The molecular weight excluding hydrogens is 175 g/mol. The van der Waals surface area contributed by atoms with Crippen molar-refractivity contribution < 1.29 is 0 Å². The van der Waals surface area contributed by atoms with Crippen molar-refractivity contribution in [1.29, 1.82) is 0 Å². The van der Waals surface area contributed by atoms with Crippen LogP contribution in [0.25, 0.3) is 6.08 Å². The SMILES string of the molecule is C=Cc1[se]cc(C)c1C. The van der Waals surface area contributed by atoms with Gasteiger partial charge in [-0.15, -0.1) is 0 Å². The molecular formula is C8H10Se. The van der Waals surface area contributed by atoms with E-state index in [4.69, 9.17) is 0 Å². The van der Waals surface area contributed by atoms with Gasteiger partial charge in [0.05, 0.1) is 0 Å². The molecule has 0 atom stereocenters. The second-order valence-corrected chi connectivity index (χ2v) is 4.02. The van der Waals surface area contributed by atoms with Gasteiger partial charge in [0.25, 0.3) is 0 Å². The zero-order chi connectivity index (χ0) is 6.85. The Morgan fingerprint density at radius 3 is 2.44 bits per heavy atom. The molecule has 9 heavy (non-hydrogen) atoms. The van der Waals surface area contributed by atoms with Gasteiger partial charge in [-0.05, 0) is 0 Å². The first-order valence-electron chi connectivity index (χ1n) is 2.93. The van der Waals surface area contributed by atoms with E-state index in [1.165, 1.54) is 15.6 Å².